The molecule has 0 amide bonds. The Morgan fingerprint density at radius 2 is 2.26 bits per heavy atom. The molecule has 1 heterocycles. The van der Waals surface area contributed by atoms with Crippen LogP contribution in [-0.2, 0) is 6.54 Å². The lowest BCUT2D eigenvalue weighted by atomic mass is 9.85. The molecule has 1 aliphatic carbocycles. The molecular formula is C16H28N2S. The highest BCUT2D eigenvalue weighted by molar-refractivity contribution is 7.09. The van der Waals surface area contributed by atoms with Gasteiger partial charge in [-0.25, -0.2) is 0 Å². The summed E-state index contributed by atoms with van der Waals surface area (Å²) in [5, 5.41) is 5.75. The second-order valence-corrected chi connectivity index (χ2v) is 7.49. The average Bonchev–Trinajstić information content (AvgIpc) is 2.96. The molecule has 0 aromatic carbocycles. The first-order valence-corrected chi connectivity index (χ1v) is 8.36. The van der Waals surface area contributed by atoms with E-state index in [0.29, 0.717) is 11.5 Å². The maximum Gasteiger partial charge on any atom is 0.0327 e. The van der Waals surface area contributed by atoms with Crippen molar-refractivity contribution in [2.75, 3.05) is 20.1 Å². The SMILES string of the molecule is CCN(Cc1cccs1)CC1CCC(C)(C)C1NC. The van der Waals surface area contributed by atoms with Crippen LogP contribution in [0.25, 0.3) is 0 Å². The van der Waals surface area contributed by atoms with Crippen molar-refractivity contribution in [3.05, 3.63) is 22.4 Å². The van der Waals surface area contributed by atoms with Crippen LogP contribution in [0.2, 0.25) is 0 Å². The third-order valence-corrected chi connectivity index (χ3v) is 5.54. The van der Waals surface area contributed by atoms with Crippen LogP contribution in [0.15, 0.2) is 17.5 Å². The summed E-state index contributed by atoms with van der Waals surface area (Å²) in [5.74, 6) is 0.792. The first-order valence-electron chi connectivity index (χ1n) is 7.49. The molecule has 2 unspecified atom stereocenters. The molecule has 2 rings (SSSR count). The van der Waals surface area contributed by atoms with Crippen LogP contribution in [0, 0.1) is 11.3 Å². The Balaban J connectivity index is 1.95. The van der Waals surface area contributed by atoms with Gasteiger partial charge in [-0.05, 0) is 49.2 Å². The first-order chi connectivity index (χ1) is 9.06. The van der Waals surface area contributed by atoms with Gasteiger partial charge in [0.1, 0.15) is 0 Å². The van der Waals surface area contributed by atoms with Crippen molar-refractivity contribution in [1.29, 1.82) is 0 Å². The Labute approximate surface area is 122 Å². The molecule has 108 valence electrons. The second kappa shape index (κ2) is 6.38. The fraction of sp³-hybridized carbons (Fsp3) is 0.750. The van der Waals surface area contributed by atoms with E-state index in [1.54, 1.807) is 0 Å². The molecule has 0 spiro atoms. The Morgan fingerprint density at radius 1 is 1.47 bits per heavy atom. The van der Waals surface area contributed by atoms with Crippen LogP contribution in [0.5, 0.6) is 0 Å². The van der Waals surface area contributed by atoms with Crippen LogP contribution < -0.4 is 5.32 Å². The van der Waals surface area contributed by atoms with Gasteiger partial charge in [-0.15, -0.1) is 11.3 Å². The fourth-order valence-electron chi connectivity index (χ4n) is 3.60. The van der Waals surface area contributed by atoms with Crippen LogP contribution in [-0.4, -0.2) is 31.1 Å². The molecule has 1 N–H and O–H groups in total. The second-order valence-electron chi connectivity index (χ2n) is 6.46. The van der Waals surface area contributed by atoms with Gasteiger partial charge in [0.2, 0.25) is 0 Å². The van der Waals surface area contributed by atoms with Gasteiger partial charge in [-0.1, -0.05) is 26.8 Å². The van der Waals surface area contributed by atoms with Gasteiger partial charge in [0.05, 0.1) is 0 Å². The van der Waals surface area contributed by atoms with Crippen molar-refractivity contribution in [3.8, 4) is 0 Å². The molecule has 1 aromatic rings. The van der Waals surface area contributed by atoms with Crippen molar-refractivity contribution >= 4 is 11.3 Å². The number of rotatable bonds is 6. The highest BCUT2D eigenvalue weighted by atomic mass is 32.1. The Hall–Kier alpha value is -0.380. The van der Waals surface area contributed by atoms with E-state index in [9.17, 15) is 0 Å². The zero-order valence-corrected chi connectivity index (χ0v) is 13.6. The summed E-state index contributed by atoms with van der Waals surface area (Å²) in [6, 6.07) is 5.06. The normalized spacial score (nSPS) is 26.2. The Bertz CT molecular complexity index is 372. The molecule has 1 saturated carbocycles. The monoisotopic (exact) mass is 280 g/mol. The minimum atomic E-state index is 0.446. The number of nitrogens with zero attached hydrogens (tertiary/aromatic N) is 1. The van der Waals surface area contributed by atoms with E-state index in [1.807, 2.05) is 11.3 Å². The number of nitrogens with one attached hydrogen (secondary N) is 1. The standard InChI is InChI=1S/C16H28N2S/c1-5-18(12-14-7-6-10-19-14)11-13-8-9-16(2,3)15(13)17-4/h6-7,10,13,15,17H,5,8-9,11-12H2,1-4H3. The van der Waals surface area contributed by atoms with Crippen molar-refractivity contribution in [1.82, 2.24) is 10.2 Å². The zero-order valence-electron chi connectivity index (χ0n) is 12.8. The van der Waals surface area contributed by atoms with E-state index in [4.69, 9.17) is 0 Å². The zero-order chi connectivity index (χ0) is 13.9. The molecule has 1 fully saturated rings. The predicted molar refractivity (Wildman–Crippen MR) is 84.6 cm³/mol. The van der Waals surface area contributed by atoms with E-state index in [2.05, 4.69) is 55.5 Å². The van der Waals surface area contributed by atoms with Gasteiger partial charge in [0.25, 0.3) is 0 Å². The molecule has 0 bridgehead atoms. The Kier molecular flexibility index (Phi) is 5.04. The van der Waals surface area contributed by atoms with E-state index in [1.165, 1.54) is 24.3 Å². The van der Waals surface area contributed by atoms with E-state index in [0.717, 1.165) is 19.0 Å². The van der Waals surface area contributed by atoms with Gasteiger partial charge < -0.3 is 5.32 Å². The average molecular weight is 280 g/mol. The number of hydrogen-bond acceptors (Lipinski definition) is 3. The summed E-state index contributed by atoms with van der Waals surface area (Å²) in [6.45, 7) is 10.6. The van der Waals surface area contributed by atoms with Crippen LogP contribution in [0.3, 0.4) is 0 Å². The van der Waals surface area contributed by atoms with E-state index < -0.39 is 0 Å². The van der Waals surface area contributed by atoms with Gasteiger partial charge in [-0.3, -0.25) is 4.90 Å². The molecule has 0 radical (unpaired) electrons. The number of thiophene rings is 1. The van der Waals surface area contributed by atoms with E-state index in [-0.39, 0.29) is 0 Å². The number of hydrogen-bond donors (Lipinski definition) is 1. The Morgan fingerprint density at radius 3 is 2.84 bits per heavy atom. The predicted octanol–water partition coefficient (Wildman–Crippen LogP) is 3.59. The van der Waals surface area contributed by atoms with Crippen molar-refractivity contribution in [3.63, 3.8) is 0 Å². The minimum Gasteiger partial charge on any atom is -0.316 e. The van der Waals surface area contributed by atoms with Crippen LogP contribution >= 0.6 is 11.3 Å². The van der Waals surface area contributed by atoms with Crippen molar-refractivity contribution < 1.29 is 0 Å². The highest BCUT2D eigenvalue weighted by Gasteiger charge is 2.41. The van der Waals surface area contributed by atoms with Crippen molar-refractivity contribution in [2.24, 2.45) is 11.3 Å². The lowest BCUT2D eigenvalue weighted by Crippen LogP contribution is -2.44. The third kappa shape index (κ3) is 3.59. The van der Waals surface area contributed by atoms with Gasteiger partial charge in [0.15, 0.2) is 0 Å². The molecule has 1 aliphatic rings. The molecule has 3 heteroatoms. The van der Waals surface area contributed by atoms with Gasteiger partial charge >= 0.3 is 0 Å². The third-order valence-electron chi connectivity index (χ3n) is 4.68. The maximum absolute atomic E-state index is 3.57. The van der Waals surface area contributed by atoms with Gasteiger partial charge in [-0.2, -0.15) is 0 Å². The molecule has 1 aromatic heterocycles. The summed E-state index contributed by atoms with van der Waals surface area (Å²) >= 11 is 1.87. The fourth-order valence-corrected chi connectivity index (χ4v) is 4.35. The maximum atomic E-state index is 3.57. The van der Waals surface area contributed by atoms with Gasteiger partial charge in [0, 0.05) is 24.0 Å². The molecular weight excluding hydrogens is 252 g/mol. The molecule has 19 heavy (non-hydrogen) atoms. The highest BCUT2D eigenvalue weighted by Crippen LogP contribution is 2.41. The smallest absolute Gasteiger partial charge is 0.0327 e. The summed E-state index contributed by atoms with van der Waals surface area (Å²) < 4.78 is 0. The molecule has 0 saturated heterocycles. The van der Waals surface area contributed by atoms with Crippen LogP contribution in [0.1, 0.15) is 38.5 Å². The summed E-state index contributed by atoms with van der Waals surface area (Å²) in [6.07, 6.45) is 2.71. The molecule has 2 atom stereocenters. The van der Waals surface area contributed by atoms with Crippen molar-refractivity contribution in [2.45, 2.75) is 46.2 Å². The largest absolute Gasteiger partial charge is 0.316 e. The van der Waals surface area contributed by atoms with E-state index >= 15 is 0 Å². The van der Waals surface area contributed by atoms with Crippen LogP contribution in [0.4, 0.5) is 0 Å². The molecule has 2 nitrogen and oxygen atoms in total. The quantitative estimate of drug-likeness (QED) is 0.856. The summed E-state index contributed by atoms with van der Waals surface area (Å²) in [7, 11) is 2.13. The lowest BCUT2D eigenvalue weighted by molar-refractivity contribution is 0.190. The topological polar surface area (TPSA) is 15.3 Å². The summed E-state index contributed by atoms with van der Waals surface area (Å²) in [5.41, 5.74) is 0.446. The summed E-state index contributed by atoms with van der Waals surface area (Å²) in [4.78, 5) is 4.09. The first kappa shape index (κ1) is 15.0. The lowest BCUT2D eigenvalue weighted by Gasteiger charge is -2.33. The minimum absolute atomic E-state index is 0.446. The molecule has 0 aliphatic heterocycles.